The molecule has 0 saturated heterocycles. The number of nitrogens with zero attached hydrogens (tertiary/aromatic N) is 3. The summed E-state index contributed by atoms with van der Waals surface area (Å²) in [6.45, 7) is 4.73. The number of hydrogen-bond donors (Lipinski definition) is 0. The molecule has 1 aliphatic heterocycles. The third-order valence-corrected chi connectivity index (χ3v) is 12.1. The second-order valence-corrected chi connectivity index (χ2v) is 15.9. The monoisotopic (exact) mass is 743 g/mol. The summed E-state index contributed by atoms with van der Waals surface area (Å²) in [4.78, 5) is 2.35. The molecule has 0 radical (unpaired) electrons. The lowest BCUT2D eigenvalue weighted by Crippen LogP contribution is -2.16. The van der Waals surface area contributed by atoms with Crippen LogP contribution in [0.25, 0.3) is 66.6 Å². The van der Waals surface area contributed by atoms with E-state index in [1.807, 2.05) is 0 Å². The van der Waals surface area contributed by atoms with Gasteiger partial charge in [-0.25, -0.2) is 0 Å². The van der Waals surface area contributed by atoms with E-state index in [0.29, 0.717) is 0 Å². The van der Waals surface area contributed by atoms with Gasteiger partial charge in [-0.15, -0.1) is 0 Å². The van der Waals surface area contributed by atoms with Crippen molar-refractivity contribution < 1.29 is 0 Å². The first-order valence-electron chi connectivity index (χ1n) is 20.1. The van der Waals surface area contributed by atoms with Crippen LogP contribution in [0.2, 0.25) is 0 Å². The van der Waals surface area contributed by atoms with Gasteiger partial charge in [-0.2, -0.15) is 0 Å². The Morgan fingerprint density at radius 2 is 0.862 bits per heavy atom. The Bertz CT molecular complexity index is 3000. The fourth-order valence-electron chi connectivity index (χ4n) is 9.26. The smallest absolute Gasteiger partial charge is 0.0763 e. The van der Waals surface area contributed by atoms with Crippen molar-refractivity contribution in [3.63, 3.8) is 0 Å². The first kappa shape index (κ1) is 33.9. The van der Waals surface area contributed by atoms with E-state index >= 15 is 0 Å². The van der Waals surface area contributed by atoms with Gasteiger partial charge in [0.05, 0.1) is 16.7 Å². The van der Waals surface area contributed by atoms with Gasteiger partial charge >= 0.3 is 0 Å². The fraction of sp³-hybridized carbons (Fsp3) is 0.0545. The first-order valence-corrected chi connectivity index (χ1v) is 20.1. The van der Waals surface area contributed by atoms with Crippen molar-refractivity contribution in [3.05, 3.63) is 224 Å². The van der Waals surface area contributed by atoms with Crippen molar-refractivity contribution in [2.45, 2.75) is 19.3 Å². The third kappa shape index (κ3) is 5.43. The third-order valence-electron chi connectivity index (χ3n) is 12.1. The summed E-state index contributed by atoms with van der Waals surface area (Å²) in [6, 6.07) is 74.7. The van der Waals surface area contributed by atoms with E-state index in [0.717, 1.165) is 17.1 Å². The molecule has 1 aliphatic rings. The van der Waals surface area contributed by atoms with E-state index in [9.17, 15) is 0 Å². The van der Waals surface area contributed by atoms with Crippen LogP contribution >= 0.6 is 0 Å². The van der Waals surface area contributed by atoms with Gasteiger partial charge < -0.3 is 14.0 Å². The Morgan fingerprint density at radius 1 is 0.414 bits per heavy atom. The maximum atomic E-state index is 2.47. The van der Waals surface area contributed by atoms with E-state index < -0.39 is 0 Å². The van der Waals surface area contributed by atoms with Gasteiger partial charge in [0.25, 0.3) is 0 Å². The van der Waals surface area contributed by atoms with E-state index in [1.165, 1.54) is 77.8 Å². The molecule has 0 N–H and O–H groups in total. The van der Waals surface area contributed by atoms with Crippen molar-refractivity contribution >= 4 is 38.9 Å². The number of benzene rings is 8. The van der Waals surface area contributed by atoms with E-state index in [2.05, 4.69) is 240 Å². The summed E-state index contributed by atoms with van der Waals surface area (Å²) < 4.78 is 4.91. The number of rotatable bonds is 7. The Balaban J connectivity index is 1.01. The summed E-state index contributed by atoms with van der Waals surface area (Å²) in [5.41, 5.74) is 18.0. The maximum absolute atomic E-state index is 2.47. The molecule has 2 aromatic heterocycles. The highest BCUT2D eigenvalue weighted by atomic mass is 15.1. The molecule has 0 atom stereocenters. The Morgan fingerprint density at radius 3 is 1.41 bits per heavy atom. The lowest BCUT2D eigenvalue weighted by atomic mass is 9.83. The topological polar surface area (TPSA) is 13.1 Å². The minimum absolute atomic E-state index is 0.145. The highest BCUT2D eigenvalue weighted by Crippen LogP contribution is 2.50. The number of aromatic nitrogens is 2. The molecule has 0 bridgehead atoms. The Labute approximate surface area is 339 Å². The molecule has 0 unspecified atom stereocenters. The quantitative estimate of drug-likeness (QED) is 0.158. The van der Waals surface area contributed by atoms with Crippen molar-refractivity contribution in [1.29, 1.82) is 0 Å². The van der Waals surface area contributed by atoms with Crippen LogP contribution in [0.4, 0.5) is 17.1 Å². The average Bonchev–Trinajstić information content (AvgIpc) is 3.90. The zero-order valence-corrected chi connectivity index (χ0v) is 32.5. The lowest BCUT2D eigenvalue weighted by molar-refractivity contribution is 0.646. The SMILES string of the molecule is CC1(C)c2ccccc2-n2cc3c4cc(-c5ccc(N(c6ccc(-c7ccccc7)cc6)c6ccc(-c7ccccc7)cc6)cc5)ccc4n(-c4ccccc4)c3c21. The molecule has 0 spiro atoms. The standard InChI is InChI=1S/C55H41N3/c1-55(2)50-20-12-13-21-52(50)56-37-49-48-36-43(28-35-51(48)58(53(49)54(55)56)44-18-10-5-11-19-44)42-26-33-47(34-27-42)57(45-29-22-40(23-30-45)38-14-6-3-7-15-38)46-31-24-41(25-32-46)39-16-8-4-9-17-39/h3-37H,1-2H3. The van der Waals surface area contributed by atoms with Crippen molar-refractivity contribution in [3.8, 4) is 44.8 Å². The van der Waals surface area contributed by atoms with Gasteiger partial charge in [-0.1, -0.05) is 153 Å². The van der Waals surface area contributed by atoms with E-state index in [-0.39, 0.29) is 5.41 Å². The van der Waals surface area contributed by atoms with Crippen LogP contribution in [0, 0.1) is 0 Å². The minimum atomic E-state index is -0.145. The molecule has 11 rings (SSSR count). The molecule has 3 nitrogen and oxygen atoms in total. The molecular weight excluding hydrogens is 703 g/mol. The van der Waals surface area contributed by atoms with Crippen LogP contribution in [0.3, 0.4) is 0 Å². The second-order valence-electron chi connectivity index (χ2n) is 15.9. The summed E-state index contributed by atoms with van der Waals surface area (Å²) in [7, 11) is 0. The summed E-state index contributed by atoms with van der Waals surface area (Å²) >= 11 is 0. The van der Waals surface area contributed by atoms with Crippen LogP contribution in [0.5, 0.6) is 0 Å². The molecule has 276 valence electrons. The molecule has 3 heteroatoms. The van der Waals surface area contributed by atoms with Gasteiger partial charge in [0.15, 0.2) is 0 Å². The predicted molar refractivity (Wildman–Crippen MR) is 243 cm³/mol. The normalized spacial score (nSPS) is 12.8. The number of fused-ring (bicyclic) bond motifs is 7. The average molecular weight is 744 g/mol. The Hall–Kier alpha value is -7.36. The largest absolute Gasteiger partial charge is 0.317 e. The Kier molecular flexibility index (Phi) is 7.84. The van der Waals surface area contributed by atoms with Crippen molar-refractivity contribution in [1.82, 2.24) is 9.13 Å². The molecule has 0 aliphatic carbocycles. The van der Waals surface area contributed by atoms with Crippen LogP contribution in [-0.2, 0) is 5.41 Å². The molecular formula is C55H41N3. The van der Waals surface area contributed by atoms with Gasteiger partial charge in [-0.05, 0) is 106 Å². The molecule has 3 heterocycles. The zero-order valence-electron chi connectivity index (χ0n) is 32.5. The van der Waals surface area contributed by atoms with Crippen LogP contribution in [0.15, 0.2) is 212 Å². The van der Waals surface area contributed by atoms with Gasteiger partial charge in [-0.3, -0.25) is 0 Å². The van der Waals surface area contributed by atoms with Crippen molar-refractivity contribution in [2.24, 2.45) is 0 Å². The van der Waals surface area contributed by atoms with E-state index in [1.54, 1.807) is 0 Å². The summed E-state index contributed by atoms with van der Waals surface area (Å²) in [5.74, 6) is 0. The number of para-hydroxylation sites is 2. The zero-order chi connectivity index (χ0) is 38.8. The first-order chi connectivity index (χ1) is 28.5. The highest BCUT2D eigenvalue weighted by molar-refractivity contribution is 6.12. The minimum Gasteiger partial charge on any atom is -0.317 e. The van der Waals surface area contributed by atoms with Crippen LogP contribution in [0.1, 0.15) is 25.1 Å². The fourth-order valence-corrected chi connectivity index (χ4v) is 9.26. The van der Waals surface area contributed by atoms with Crippen LogP contribution < -0.4 is 4.90 Å². The number of hydrogen-bond acceptors (Lipinski definition) is 1. The maximum Gasteiger partial charge on any atom is 0.0763 e. The summed E-state index contributed by atoms with van der Waals surface area (Å²) in [6.07, 6.45) is 2.37. The molecule has 0 fully saturated rings. The van der Waals surface area contributed by atoms with Crippen LogP contribution in [-0.4, -0.2) is 9.13 Å². The molecule has 10 aromatic rings. The molecule has 8 aromatic carbocycles. The summed E-state index contributed by atoms with van der Waals surface area (Å²) in [5, 5.41) is 2.54. The van der Waals surface area contributed by atoms with Crippen molar-refractivity contribution in [2.75, 3.05) is 4.90 Å². The second kappa shape index (κ2) is 13.4. The number of anilines is 3. The molecule has 0 amide bonds. The molecule has 0 saturated carbocycles. The van der Waals surface area contributed by atoms with Gasteiger partial charge in [0.1, 0.15) is 0 Å². The van der Waals surface area contributed by atoms with E-state index in [4.69, 9.17) is 0 Å². The molecule has 58 heavy (non-hydrogen) atoms. The lowest BCUT2D eigenvalue weighted by Gasteiger charge is -2.26. The van der Waals surface area contributed by atoms with Gasteiger partial charge in [0, 0.05) is 50.8 Å². The highest BCUT2D eigenvalue weighted by Gasteiger charge is 2.39. The van der Waals surface area contributed by atoms with Gasteiger partial charge in [0.2, 0.25) is 0 Å². The predicted octanol–water partition coefficient (Wildman–Crippen LogP) is 14.7.